The van der Waals surface area contributed by atoms with E-state index in [4.69, 9.17) is 0 Å². The standard InChI is InChI=1S/C11H24N2O/c1-4-10(2)12-11(9-14)6-5-7-13(3)8-11/h10,12,14H,4-9H2,1-3H3. The third-order valence-corrected chi connectivity index (χ3v) is 3.24. The summed E-state index contributed by atoms with van der Waals surface area (Å²) in [6.07, 6.45) is 3.39. The van der Waals surface area contributed by atoms with Gasteiger partial charge in [0, 0.05) is 12.6 Å². The minimum absolute atomic E-state index is 0.0531. The molecule has 0 aromatic rings. The molecule has 0 saturated carbocycles. The van der Waals surface area contributed by atoms with Crippen LogP contribution in [0.15, 0.2) is 0 Å². The van der Waals surface area contributed by atoms with Gasteiger partial charge in [0.2, 0.25) is 0 Å². The Morgan fingerprint density at radius 1 is 1.57 bits per heavy atom. The molecule has 2 unspecified atom stereocenters. The minimum atomic E-state index is -0.0531. The number of likely N-dealkylation sites (tertiary alicyclic amines) is 1. The topological polar surface area (TPSA) is 35.5 Å². The van der Waals surface area contributed by atoms with E-state index in [0.717, 1.165) is 25.9 Å². The maximum absolute atomic E-state index is 9.51. The van der Waals surface area contributed by atoms with Crippen LogP contribution in [-0.4, -0.2) is 48.3 Å². The zero-order valence-corrected chi connectivity index (χ0v) is 9.71. The molecule has 0 aromatic carbocycles. The molecule has 1 heterocycles. The second-order valence-electron chi connectivity index (χ2n) is 4.73. The summed E-state index contributed by atoms with van der Waals surface area (Å²) in [4.78, 5) is 2.30. The van der Waals surface area contributed by atoms with E-state index in [1.807, 2.05) is 0 Å². The molecule has 1 rings (SSSR count). The molecule has 0 aliphatic carbocycles. The number of likely N-dealkylation sites (N-methyl/N-ethyl adjacent to an activating group) is 1. The summed E-state index contributed by atoms with van der Waals surface area (Å²) in [6.45, 7) is 6.74. The summed E-state index contributed by atoms with van der Waals surface area (Å²) >= 11 is 0. The van der Waals surface area contributed by atoms with Crippen molar-refractivity contribution >= 4 is 0 Å². The van der Waals surface area contributed by atoms with E-state index in [0.29, 0.717) is 6.04 Å². The highest BCUT2D eigenvalue weighted by atomic mass is 16.3. The van der Waals surface area contributed by atoms with Gasteiger partial charge in [-0.05, 0) is 39.8 Å². The summed E-state index contributed by atoms with van der Waals surface area (Å²) in [7, 11) is 2.13. The fraction of sp³-hybridized carbons (Fsp3) is 1.00. The van der Waals surface area contributed by atoms with Gasteiger partial charge in [-0.15, -0.1) is 0 Å². The summed E-state index contributed by atoms with van der Waals surface area (Å²) in [6, 6.07) is 0.494. The lowest BCUT2D eigenvalue weighted by Crippen LogP contribution is -2.60. The number of rotatable bonds is 4. The second-order valence-corrected chi connectivity index (χ2v) is 4.73. The molecule has 0 amide bonds. The van der Waals surface area contributed by atoms with Crippen molar-refractivity contribution in [1.29, 1.82) is 0 Å². The quantitative estimate of drug-likeness (QED) is 0.705. The average Bonchev–Trinajstić information content (AvgIpc) is 2.17. The van der Waals surface area contributed by atoms with Crippen molar-refractivity contribution in [2.75, 3.05) is 26.7 Å². The number of hydrogen-bond acceptors (Lipinski definition) is 3. The van der Waals surface area contributed by atoms with Crippen LogP contribution in [0.25, 0.3) is 0 Å². The van der Waals surface area contributed by atoms with Gasteiger partial charge >= 0.3 is 0 Å². The van der Waals surface area contributed by atoms with Crippen LogP contribution < -0.4 is 5.32 Å². The Morgan fingerprint density at radius 2 is 2.29 bits per heavy atom. The molecule has 14 heavy (non-hydrogen) atoms. The second kappa shape index (κ2) is 5.10. The molecule has 0 spiro atoms. The lowest BCUT2D eigenvalue weighted by molar-refractivity contribution is 0.0717. The number of nitrogens with one attached hydrogen (secondary N) is 1. The van der Waals surface area contributed by atoms with Crippen molar-refractivity contribution < 1.29 is 5.11 Å². The van der Waals surface area contributed by atoms with E-state index in [1.54, 1.807) is 0 Å². The lowest BCUT2D eigenvalue weighted by Gasteiger charge is -2.42. The largest absolute Gasteiger partial charge is 0.394 e. The zero-order valence-electron chi connectivity index (χ0n) is 9.71. The van der Waals surface area contributed by atoms with Crippen LogP contribution in [0, 0.1) is 0 Å². The first-order valence-electron chi connectivity index (χ1n) is 5.69. The summed E-state index contributed by atoms with van der Waals surface area (Å²) in [5, 5.41) is 13.1. The highest BCUT2D eigenvalue weighted by Crippen LogP contribution is 2.20. The molecule has 1 aliphatic rings. The monoisotopic (exact) mass is 200 g/mol. The molecular formula is C11H24N2O. The molecule has 84 valence electrons. The fourth-order valence-electron chi connectivity index (χ4n) is 2.28. The van der Waals surface area contributed by atoms with Crippen LogP contribution in [0.3, 0.4) is 0 Å². The third-order valence-electron chi connectivity index (χ3n) is 3.24. The highest BCUT2D eigenvalue weighted by molar-refractivity contribution is 4.94. The van der Waals surface area contributed by atoms with Gasteiger partial charge in [0.1, 0.15) is 0 Å². The van der Waals surface area contributed by atoms with E-state index in [-0.39, 0.29) is 12.1 Å². The van der Waals surface area contributed by atoms with Crippen LogP contribution in [0.1, 0.15) is 33.1 Å². The van der Waals surface area contributed by atoms with Gasteiger partial charge in [-0.25, -0.2) is 0 Å². The first-order chi connectivity index (χ1) is 6.62. The molecule has 0 radical (unpaired) electrons. The lowest BCUT2D eigenvalue weighted by atomic mass is 9.89. The number of aliphatic hydroxyl groups excluding tert-OH is 1. The molecular weight excluding hydrogens is 176 g/mol. The maximum atomic E-state index is 9.51. The molecule has 1 saturated heterocycles. The predicted octanol–water partition coefficient (Wildman–Crippen LogP) is 0.831. The highest BCUT2D eigenvalue weighted by Gasteiger charge is 2.34. The van der Waals surface area contributed by atoms with Crippen LogP contribution in [0.4, 0.5) is 0 Å². The van der Waals surface area contributed by atoms with Crippen molar-refractivity contribution in [1.82, 2.24) is 10.2 Å². The number of hydrogen-bond donors (Lipinski definition) is 2. The third kappa shape index (κ3) is 2.94. The first kappa shape index (κ1) is 12.0. The van der Waals surface area contributed by atoms with Crippen LogP contribution in [-0.2, 0) is 0 Å². The fourth-order valence-corrected chi connectivity index (χ4v) is 2.28. The molecule has 3 heteroatoms. The van der Waals surface area contributed by atoms with Gasteiger partial charge in [-0.1, -0.05) is 6.92 Å². The van der Waals surface area contributed by atoms with Crippen molar-refractivity contribution in [3.8, 4) is 0 Å². The van der Waals surface area contributed by atoms with E-state index in [9.17, 15) is 5.11 Å². The summed E-state index contributed by atoms with van der Waals surface area (Å²) in [5.41, 5.74) is -0.0531. The minimum Gasteiger partial charge on any atom is -0.394 e. The van der Waals surface area contributed by atoms with Gasteiger partial charge in [-0.2, -0.15) is 0 Å². The van der Waals surface area contributed by atoms with Gasteiger partial charge in [0.15, 0.2) is 0 Å². The van der Waals surface area contributed by atoms with Crippen LogP contribution in [0.2, 0.25) is 0 Å². The smallest absolute Gasteiger partial charge is 0.0625 e. The first-order valence-corrected chi connectivity index (χ1v) is 5.69. The van der Waals surface area contributed by atoms with Gasteiger partial charge < -0.3 is 15.3 Å². The summed E-state index contributed by atoms with van der Waals surface area (Å²) < 4.78 is 0. The summed E-state index contributed by atoms with van der Waals surface area (Å²) in [5.74, 6) is 0. The van der Waals surface area contributed by atoms with Gasteiger partial charge in [-0.3, -0.25) is 0 Å². The Morgan fingerprint density at radius 3 is 2.79 bits per heavy atom. The molecule has 1 aliphatic heterocycles. The SMILES string of the molecule is CCC(C)NC1(CO)CCCN(C)C1. The Kier molecular flexibility index (Phi) is 4.35. The van der Waals surface area contributed by atoms with E-state index >= 15 is 0 Å². The Bertz CT molecular complexity index is 175. The number of nitrogens with zero attached hydrogens (tertiary/aromatic N) is 1. The van der Waals surface area contributed by atoms with E-state index in [2.05, 4.69) is 31.1 Å². The van der Waals surface area contributed by atoms with Crippen molar-refractivity contribution in [2.24, 2.45) is 0 Å². The van der Waals surface area contributed by atoms with Crippen molar-refractivity contribution in [3.63, 3.8) is 0 Å². The van der Waals surface area contributed by atoms with Gasteiger partial charge in [0.25, 0.3) is 0 Å². The zero-order chi connectivity index (χ0) is 10.6. The van der Waals surface area contributed by atoms with E-state index < -0.39 is 0 Å². The molecule has 2 N–H and O–H groups in total. The molecule has 1 fully saturated rings. The molecule has 2 atom stereocenters. The van der Waals surface area contributed by atoms with Gasteiger partial charge in [0.05, 0.1) is 12.1 Å². The normalized spacial score (nSPS) is 31.7. The Labute approximate surface area is 87.5 Å². The van der Waals surface area contributed by atoms with E-state index in [1.165, 1.54) is 6.42 Å². The molecule has 3 nitrogen and oxygen atoms in total. The van der Waals surface area contributed by atoms with Crippen LogP contribution in [0.5, 0.6) is 0 Å². The number of piperidine rings is 1. The Balaban J connectivity index is 2.55. The maximum Gasteiger partial charge on any atom is 0.0625 e. The molecule has 0 bridgehead atoms. The molecule has 0 aromatic heterocycles. The van der Waals surface area contributed by atoms with Crippen LogP contribution >= 0.6 is 0 Å². The Hall–Kier alpha value is -0.120. The average molecular weight is 200 g/mol. The van der Waals surface area contributed by atoms with Crippen molar-refractivity contribution in [2.45, 2.75) is 44.7 Å². The predicted molar refractivity (Wildman–Crippen MR) is 59.4 cm³/mol. The number of aliphatic hydroxyl groups is 1. The van der Waals surface area contributed by atoms with Crippen molar-refractivity contribution in [3.05, 3.63) is 0 Å².